The largest absolute Gasteiger partial charge is 0.478 e. The Hall–Kier alpha value is -1.59. The van der Waals surface area contributed by atoms with E-state index in [2.05, 4.69) is 26.2 Å². The molecule has 0 bridgehead atoms. The molecule has 0 radical (unpaired) electrons. The van der Waals surface area contributed by atoms with Crippen LogP contribution in [-0.2, 0) is 0 Å². The van der Waals surface area contributed by atoms with Crippen LogP contribution in [0.3, 0.4) is 0 Å². The highest BCUT2D eigenvalue weighted by atomic mass is 79.9. The fourth-order valence-electron chi connectivity index (χ4n) is 1.56. The van der Waals surface area contributed by atoms with E-state index in [1.807, 2.05) is 6.92 Å². The molecule has 0 fully saturated rings. The molecular weight excluding hydrogens is 344 g/mol. The van der Waals surface area contributed by atoms with Crippen molar-refractivity contribution in [3.05, 3.63) is 51.6 Å². The minimum absolute atomic E-state index is 0.266. The summed E-state index contributed by atoms with van der Waals surface area (Å²) in [4.78, 5) is 16.2. The van der Waals surface area contributed by atoms with Gasteiger partial charge < -0.3 is 10.1 Å². The van der Waals surface area contributed by atoms with Gasteiger partial charge in [0.1, 0.15) is 0 Å². The summed E-state index contributed by atoms with van der Waals surface area (Å²) in [6.07, 6.45) is 1.53. The van der Waals surface area contributed by atoms with E-state index < -0.39 is 0 Å². The summed E-state index contributed by atoms with van der Waals surface area (Å²) in [5, 5.41) is 3.21. The van der Waals surface area contributed by atoms with E-state index in [-0.39, 0.29) is 5.91 Å². The lowest BCUT2D eigenvalue weighted by Gasteiger charge is -2.08. The number of carbonyl (C=O) groups is 1. The van der Waals surface area contributed by atoms with Crippen molar-refractivity contribution in [2.24, 2.45) is 0 Å². The summed E-state index contributed by atoms with van der Waals surface area (Å²) in [7, 11) is 0. The quantitative estimate of drug-likeness (QED) is 0.896. The molecule has 0 spiro atoms. The number of hydrogen-bond donors (Lipinski definition) is 1. The van der Waals surface area contributed by atoms with Crippen LogP contribution in [-0.4, -0.2) is 17.5 Å². The Labute approximate surface area is 130 Å². The molecule has 104 valence electrons. The van der Waals surface area contributed by atoms with E-state index in [1.165, 1.54) is 6.20 Å². The van der Waals surface area contributed by atoms with Crippen LogP contribution in [0.25, 0.3) is 0 Å². The van der Waals surface area contributed by atoms with Crippen LogP contribution in [0.2, 0.25) is 5.02 Å². The second-order valence-corrected chi connectivity index (χ2v) is 5.22. The minimum atomic E-state index is -0.266. The van der Waals surface area contributed by atoms with Gasteiger partial charge in [0.2, 0.25) is 5.88 Å². The molecule has 2 rings (SSSR count). The van der Waals surface area contributed by atoms with Crippen molar-refractivity contribution < 1.29 is 9.53 Å². The highest BCUT2D eigenvalue weighted by Gasteiger charge is 2.10. The zero-order valence-corrected chi connectivity index (χ0v) is 13.0. The van der Waals surface area contributed by atoms with E-state index in [0.717, 1.165) is 4.47 Å². The molecule has 4 nitrogen and oxygen atoms in total. The predicted octanol–water partition coefficient (Wildman–Crippen LogP) is 4.15. The number of aromatic nitrogens is 1. The van der Waals surface area contributed by atoms with Gasteiger partial charge in [-0.1, -0.05) is 27.5 Å². The summed E-state index contributed by atoms with van der Waals surface area (Å²) in [5.74, 6) is 0.152. The summed E-state index contributed by atoms with van der Waals surface area (Å²) in [5.41, 5.74) is 1.01. The van der Waals surface area contributed by atoms with Crippen molar-refractivity contribution in [2.75, 3.05) is 11.9 Å². The number of anilines is 1. The van der Waals surface area contributed by atoms with Gasteiger partial charge >= 0.3 is 0 Å². The lowest BCUT2D eigenvalue weighted by molar-refractivity contribution is 0.102. The molecule has 6 heteroatoms. The van der Waals surface area contributed by atoms with Crippen LogP contribution >= 0.6 is 27.5 Å². The molecule has 1 aromatic carbocycles. The number of pyridine rings is 1. The highest BCUT2D eigenvalue weighted by Crippen LogP contribution is 2.26. The van der Waals surface area contributed by atoms with Gasteiger partial charge in [0.25, 0.3) is 5.91 Å². The Kier molecular flexibility index (Phi) is 4.98. The highest BCUT2D eigenvalue weighted by molar-refractivity contribution is 9.10. The molecule has 0 saturated carbocycles. The van der Waals surface area contributed by atoms with Crippen LogP contribution in [0, 0.1) is 0 Å². The first-order valence-electron chi connectivity index (χ1n) is 5.95. The molecule has 0 unspecified atom stereocenters. The SMILES string of the molecule is CCOc1cc(C(=O)Nc2ccc(Br)cc2Cl)ccn1. The van der Waals surface area contributed by atoms with Crippen molar-refractivity contribution in [1.82, 2.24) is 4.98 Å². The topological polar surface area (TPSA) is 51.2 Å². The first-order chi connectivity index (χ1) is 9.60. The smallest absolute Gasteiger partial charge is 0.255 e. The number of nitrogens with one attached hydrogen (secondary N) is 1. The third-order valence-electron chi connectivity index (χ3n) is 2.47. The lowest BCUT2D eigenvalue weighted by Crippen LogP contribution is -2.12. The number of benzene rings is 1. The summed E-state index contributed by atoms with van der Waals surface area (Å²) in [6, 6.07) is 8.46. The van der Waals surface area contributed by atoms with Crippen molar-refractivity contribution in [2.45, 2.75) is 6.92 Å². The third-order valence-corrected chi connectivity index (χ3v) is 3.27. The molecule has 0 aliphatic rings. The Balaban J connectivity index is 2.17. The van der Waals surface area contributed by atoms with Gasteiger partial charge in [0, 0.05) is 22.3 Å². The zero-order chi connectivity index (χ0) is 14.5. The number of hydrogen-bond acceptors (Lipinski definition) is 3. The molecular formula is C14H12BrClN2O2. The standard InChI is InChI=1S/C14H12BrClN2O2/c1-2-20-13-7-9(5-6-17-13)14(19)18-12-4-3-10(15)8-11(12)16/h3-8H,2H2,1H3,(H,18,19). The van der Waals surface area contributed by atoms with Crippen LogP contribution in [0.5, 0.6) is 5.88 Å². The molecule has 0 aliphatic heterocycles. The van der Waals surface area contributed by atoms with Gasteiger partial charge in [-0.3, -0.25) is 4.79 Å². The maximum Gasteiger partial charge on any atom is 0.255 e. The molecule has 1 heterocycles. The lowest BCUT2D eigenvalue weighted by atomic mass is 10.2. The molecule has 0 atom stereocenters. The monoisotopic (exact) mass is 354 g/mol. The maximum atomic E-state index is 12.1. The van der Waals surface area contributed by atoms with E-state index in [4.69, 9.17) is 16.3 Å². The average Bonchev–Trinajstić information content (AvgIpc) is 2.42. The summed E-state index contributed by atoms with van der Waals surface area (Å²) in [6.45, 7) is 2.35. The minimum Gasteiger partial charge on any atom is -0.478 e. The Bertz CT molecular complexity index is 634. The molecule has 20 heavy (non-hydrogen) atoms. The van der Waals surface area contributed by atoms with E-state index in [9.17, 15) is 4.79 Å². The number of amides is 1. The summed E-state index contributed by atoms with van der Waals surface area (Å²) >= 11 is 9.37. The number of nitrogens with zero attached hydrogens (tertiary/aromatic N) is 1. The molecule has 0 aliphatic carbocycles. The maximum absolute atomic E-state index is 12.1. The normalized spacial score (nSPS) is 10.2. The van der Waals surface area contributed by atoms with Gasteiger partial charge in [0.05, 0.1) is 17.3 Å². The molecule has 1 aromatic heterocycles. The zero-order valence-electron chi connectivity index (χ0n) is 10.7. The molecule has 1 amide bonds. The van der Waals surface area contributed by atoms with Crippen molar-refractivity contribution in [3.8, 4) is 5.88 Å². The van der Waals surface area contributed by atoms with E-state index in [1.54, 1.807) is 30.3 Å². The number of carbonyl (C=O) groups excluding carboxylic acids is 1. The van der Waals surface area contributed by atoms with E-state index >= 15 is 0 Å². The average molecular weight is 356 g/mol. The fraction of sp³-hybridized carbons (Fsp3) is 0.143. The predicted molar refractivity (Wildman–Crippen MR) is 82.5 cm³/mol. The van der Waals surface area contributed by atoms with Crippen LogP contribution in [0.4, 0.5) is 5.69 Å². The summed E-state index contributed by atoms with van der Waals surface area (Å²) < 4.78 is 6.11. The van der Waals surface area contributed by atoms with Crippen molar-refractivity contribution >= 4 is 39.1 Å². The van der Waals surface area contributed by atoms with Crippen molar-refractivity contribution in [1.29, 1.82) is 0 Å². The van der Waals surface area contributed by atoms with Gasteiger partial charge in [0.15, 0.2) is 0 Å². The second kappa shape index (κ2) is 6.72. The number of rotatable bonds is 4. The van der Waals surface area contributed by atoms with Crippen LogP contribution in [0.15, 0.2) is 41.0 Å². The Morgan fingerprint density at radius 3 is 2.90 bits per heavy atom. The molecule has 0 saturated heterocycles. The van der Waals surface area contributed by atoms with Gasteiger partial charge in [-0.25, -0.2) is 4.98 Å². The van der Waals surface area contributed by atoms with Gasteiger partial charge in [-0.15, -0.1) is 0 Å². The number of ether oxygens (including phenoxy) is 1. The molecule has 2 aromatic rings. The van der Waals surface area contributed by atoms with Crippen LogP contribution < -0.4 is 10.1 Å². The first kappa shape index (κ1) is 14.8. The first-order valence-corrected chi connectivity index (χ1v) is 7.12. The van der Waals surface area contributed by atoms with Gasteiger partial charge in [-0.2, -0.15) is 0 Å². The Morgan fingerprint density at radius 1 is 1.40 bits per heavy atom. The van der Waals surface area contributed by atoms with Gasteiger partial charge in [-0.05, 0) is 31.2 Å². The third kappa shape index (κ3) is 3.71. The van der Waals surface area contributed by atoms with E-state index in [0.29, 0.717) is 28.8 Å². The van der Waals surface area contributed by atoms with Crippen LogP contribution in [0.1, 0.15) is 17.3 Å². The fourth-order valence-corrected chi connectivity index (χ4v) is 2.28. The van der Waals surface area contributed by atoms with Crippen molar-refractivity contribution in [3.63, 3.8) is 0 Å². The number of halogens is 2. The Morgan fingerprint density at radius 2 is 2.20 bits per heavy atom. The second-order valence-electron chi connectivity index (χ2n) is 3.89. The molecule has 1 N–H and O–H groups in total.